The molecule has 1 rings (SSSR count). The number of nitrogens with one attached hydrogen (secondary N) is 1. The fourth-order valence-corrected chi connectivity index (χ4v) is 3.22. The number of benzene rings is 1. The zero-order valence-electron chi connectivity index (χ0n) is 11.0. The third kappa shape index (κ3) is 3.24. The molecule has 0 spiro atoms. The summed E-state index contributed by atoms with van der Waals surface area (Å²) >= 11 is 0. The zero-order valence-corrected chi connectivity index (χ0v) is 11.8. The average Bonchev–Trinajstić information content (AvgIpc) is 2.32. The molecule has 0 heterocycles. The number of nitrogens with two attached hydrogens (primary N) is 2. The molecule has 1 atom stereocenters. The first-order valence-corrected chi connectivity index (χ1v) is 7.08. The largest absolute Gasteiger partial charge is 0.396 e. The summed E-state index contributed by atoms with van der Waals surface area (Å²) in [6.45, 7) is 2.20. The molecule has 0 radical (unpaired) electrons. The highest BCUT2D eigenvalue weighted by molar-refractivity contribution is 7.89. The quantitative estimate of drug-likeness (QED) is 0.525. The summed E-state index contributed by atoms with van der Waals surface area (Å²) in [5, 5.41) is 9.19. The molecule has 1 aromatic carbocycles. The summed E-state index contributed by atoms with van der Waals surface area (Å²) in [6, 6.07) is 1.00. The monoisotopic (exact) mass is 305 g/mol. The maximum absolute atomic E-state index is 13.4. The maximum Gasteiger partial charge on any atom is 0.247 e. The number of anilines is 1. The van der Waals surface area contributed by atoms with Crippen molar-refractivity contribution in [1.82, 2.24) is 4.72 Å². The second kappa shape index (κ2) is 5.73. The van der Waals surface area contributed by atoms with E-state index < -0.39 is 34.4 Å². The van der Waals surface area contributed by atoms with Crippen LogP contribution in [0.4, 0.5) is 10.1 Å². The van der Waals surface area contributed by atoms with Crippen molar-refractivity contribution in [3.63, 3.8) is 0 Å². The van der Waals surface area contributed by atoms with Crippen molar-refractivity contribution in [2.24, 2.45) is 5.73 Å². The van der Waals surface area contributed by atoms with Crippen LogP contribution in [0.25, 0.3) is 0 Å². The zero-order chi connectivity index (χ0) is 15.7. The fraction of sp³-hybridized carbons (Fsp3) is 0.364. The topological polar surface area (TPSA) is 136 Å². The number of hydrogen-bond acceptors (Lipinski definition) is 5. The Kier molecular flexibility index (Phi) is 4.69. The summed E-state index contributed by atoms with van der Waals surface area (Å²) < 4.78 is 39.6. The maximum atomic E-state index is 13.4. The summed E-state index contributed by atoms with van der Waals surface area (Å²) in [4.78, 5) is 10.5. The molecule has 0 saturated heterocycles. The highest BCUT2D eigenvalue weighted by atomic mass is 32.2. The van der Waals surface area contributed by atoms with Crippen molar-refractivity contribution in [2.75, 3.05) is 12.3 Å². The first kappa shape index (κ1) is 16.3. The predicted octanol–water partition coefficient (Wildman–Crippen LogP) is -0.851. The van der Waals surface area contributed by atoms with E-state index in [1.165, 1.54) is 13.8 Å². The molecule has 0 aliphatic carbocycles. The van der Waals surface area contributed by atoms with Crippen LogP contribution in [0.15, 0.2) is 11.0 Å². The molecule has 0 aromatic heterocycles. The molecule has 0 saturated carbocycles. The Morgan fingerprint density at radius 3 is 2.55 bits per heavy atom. The van der Waals surface area contributed by atoms with Gasteiger partial charge in [-0.1, -0.05) is 0 Å². The number of sulfonamides is 1. The number of aliphatic hydroxyl groups excluding tert-OH is 1. The first-order valence-electron chi connectivity index (χ1n) is 5.60. The molecule has 0 aliphatic heterocycles. The van der Waals surface area contributed by atoms with Crippen LogP contribution in [-0.2, 0) is 14.8 Å². The van der Waals surface area contributed by atoms with Gasteiger partial charge in [0.25, 0.3) is 0 Å². The third-order valence-electron chi connectivity index (χ3n) is 2.77. The van der Waals surface area contributed by atoms with Crippen molar-refractivity contribution in [2.45, 2.75) is 24.8 Å². The van der Waals surface area contributed by atoms with E-state index in [1.54, 1.807) is 0 Å². The minimum Gasteiger partial charge on any atom is -0.396 e. The minimum absolute atomic E-state index is 0.0589. The van der Waals surface area contributed by atoms with Crippen molar-refractivity contribution in [3.05, 3.63) is 23.0 Å². The molecule has 1 amide bonds. The van der Waals surface area contributed by atoms with E-state index in [0.717, 1.165) is 6.07 Å². The summed E-state index contributed by atoms with van der Waals surface area (Å²) in [5.41, 5.74) is 10.2. The van der Waals surface area contributed by atoms with Gasteiger partial charge in [0.2, 0.25) is 15.9 Å². The lowest BCUT2D eigenvalue weighted by atomic mass is 10.1. The number of aryl methyl sites for hydroxylation is 1. The molecular weight excluding hydrogens is 289 g/mol. The van der Waals surface area contributed by atoms with Gasteiger partial charge in [0.1, 0.15) is 11.9 Å². The van der Waals surface area contributed by atoms with Crippen LogP contribution >= 0.6 is 0 Å². The molecular formula is C11H16FN3O4S. The molecule has 6 N–H and O–H groups in total. The Bertz CT molecular complexity index is 646. The number of nitrogen functional groups attached to an aromatic ring is 1. The van der Waals surface area contributed by atoms with Crippen LogP contribution in [0.1, 0.15) is 11.1 Å². The predicted molar refractivity (Wildman–Crippen MR) is 70.7 cm³/mol. The average molecular weight is 305 g/mol. The van der Waals surface area contributed by atoms with Gasteiger partial charge < -0.3 is 16.6 Å². The van der Waals surface area contributed by atoms with Gasteiger partial charge in [-0.15, -0.1) is 0 Å². The van der Waals surface area contributed by atoms with Crippen molar-refractivity contribution < 1.29 is 22.7 Å². The lowest BCUT2D eigenvalue weighted by molar-refractivity contribution is -0.125. The molecule has 1 unspecified atom stereocenters. The Labute approximate surface area is 115 Å². The standard InChI is InChI=1S/C11H16FN3O4S/c1-5-3-7(12)9(13)6(2)10(5)20(18,19)15-4-8(16)11(14)17/h3,8,15-16H,4,13H2,1-2H3,(H2,14,17). The number of aliphatic hydroxyl groups is 1. The summed E-state index contributed by atoms with van der Waals surface area (Å²) in [6.07, 6.45) is -1.65. The molecule has 20 heavy (non-hydrogen) atoms. The Morgan fingerprint density at radius 2 is 2.05 bits per heavy atom. The number of carbonyl (C=O) groups is 1. The Balaban J connectivity index is 3.17. The molecule has 0 fully saturated rings. The summed E-state index contributed by atoms with van der Waals surface area (Å²) in [7, 11) is -4.05. The van der Waals surface area contributed by atoms with Crippen LogP contribution in [-0.4, -0.2) is 32.1 Å². The Hall–Kier alpha value is -1.71. The van der Waals surface area contributed by atoms with Crippen molar-refractivity contribution in [1.29, 1.82) is 0 Å². The van der Waals surface area contributed by atoms with Gasteiger partial charge in [0, 0.05) is 6.54 Å². The van der Waals surface area contributed by atoms with Gasteiger partial charge >= 0.3 is 0 Å². The molecule has 7 nitrogen and oxygen atoms in total. The van der Waals surface area contributed by atoms with Gasteiger partial charge in [-0.25, -0.2) is 17.5 Å². The van der Waals surface area contributed by atoms with Crippen molar-refractivity contribution >= 4 is 21.6 Å². The van der Waals surface area contributed by atoms with Crippen LogP contribution in [0, 0.1) is 19.7 Å². The van der Waals surface area contributed by atoms with Crippen LogP contribution in [0.2, 0.25) is 0 Å². The second-order valence-corrected chi connectivity index (χ2v) is 6.02. The minimum atomic E-state index is -4.05. The number of carbonyl (C=O) groups excluding carboxylic acids is 1. The van der Waals surface area contributed by atoms with Gasteiger partial charge in [0.05, 0.1) is 10.6 Å². The summed E-state index contributed by atoms with van der Waals surface area (Å²) in [5.74, 6) is -1.77. The van der Waals surface area contributed by atoms with E-state index in [2.05, 4.69) is 0 Å². The van der Waals surface area contributed by atoms with Gasteiger partial charge in [0.15, 0.2) is 0 Å². The van der Waals surface area contributed by atoms with E-state index in [4.69, 9.17) is 11.5 Å². The van der Waals surface area contributed by atoms with E-state index in [1.807, 2.05) is 4.72 Å². The van der Waals surface area contributed by atoms with E-state index in [-0.39, 0.29) is 21.7 Å². The lowest BCUT2D eigenvalue weighted by Crippen LogP contribution is -2.40. The Morgan fingerprint density at radius 1 is 1.50 bits per heavy atom. The number of hydrogen-bond donors (Lipinski definition) is 4. The second-order valence-electron chi connectivity index (χ2n) is 4.31. The number of rotatable bonds is 5. The molecule has 1 aromatic rings. The number of halogens is 1. The van der Waals surface area contributed by atoms with Crippen LogP contribution in [0.3, 0.4) is 0 Å². The lowest BCUT2D eigenvalue weighted by Gasteiger charge is -2.15. The SMILES string of the molecule is Cc1cc(F)c(N)c(C)c1S(=O)(=O)NCC(O)C(N)=O. The van der Waals surface area contributed by atoms with E-state index in [0.29, 0.717) is 0 Å². The van der Waals surface area contributed by atoms with E-state index in [9.17, 15) is 22.7 Å². The molecule has 112 valence electrons. The van der Waals surface area contributed by atoms with Gasteiger partial charge in [-0.3, -0.25) is 4.79 Å². The molecule has 0 aliphatic rings. The van der Waals surface area contributed by atoms with E-state index >= 15 is 0 Å². The van der Waals surface area contributed by atoms with Crippen LogP contribution in [0.5, 0.6) is 0 Å². The molecule has 9 heteroatoms. The van der Waals surface area contributed by atoms with Crippen LogP contribution < -0.4 is 16.2 Å². The van der Waals surface area contributed by atoms with Gasteiger partial charge in [-0.05, 0) is 31.0 Å². The number of amides is 1. The number of primary amides is 1. The third-order valence-corrected chi connectivity index (χ3v) is 4.48. The first-order chi connectivity index (χ1) is 9.08. The molecule has 0 bridgehead atoms. The highest BCUT2D eigenvalue weighted by Gasteiger charge is 2.24. The highest BCUT2D eigenvalue weighted by Crippen LogP contribution is 2.27. The van der Waals surface area contributed by atoms with Gasteiger partial charge in [-0.2, -0.15) is 0 Å². The normalized spacial score (nSPS) is 13.2. The van der Waals surface area contributed by atoms with Crippen molar-refractivity contribution in [3.8, 4) is 0 Å². The smallest absolute Gasteiger partial charge is 0.247 e. The fourth-order valence-electron chi connectivity index (χ4n) is 1.71.